The number of hydrogen-bond acceptors (Lipinski definition) is 2. The van der Waals surface area contributed by atoms with E-state index in [9.17, 15) is 0 Å². The molecule has 0 fully saturated rings. The molecule has 0 saturated heterocycles. The lowest BCUT2D eigenvalue weighted by atomic mass is 9.72. The van der Waals surface area contributed by atoms with E-state index in [1.807, 2.05) is 0 Å². The van der Waals surface area contributed by atoms with E-state index >= 15 is 0 Å². The van der Waals surface area contributed by atoms with Gasteiger partial charge in [0.1, 0.15) is 0 Å². The van der Waals surface area contributed by atoms with Gasteiger partial charge in [-0.05, 0) is 70.2 Å². The zero-order valence-electron chi connectivity index (χ0n) is 14.5. The topological polar surface area (TPSA) is 52.0 Å². The number of fused-ring (bicyclic) bond motifs is 4. The molecule has 2 aliphatic carbocycles. The molecule has 2 nitrogen and oxygen atoms in total. The lowest BCUT2D eigenvalue weighted by Crippen LogP contribution is -2.26. The van der Waals surface area contributed by atoms with Gasteiger partial charge >= 0.3 is 0 Å². The molecule has 2 aromatic rings. The van der Waals surface area contributed by atoms with Gasteiger partial charge in [-0.3, -0.25) is 0 Å². The van der Waals surface area contributed by atoms with Gasteiger partial charge in [0.05, 0.1) is 0 Å². The molecule has 0 unspecified atom stereocenters. The summed E-state index contributed by atoms with van der Waals surface area (Å²) in [5, 5.41) is 0. The maximum Gasteiger partial charge on any atom is 0.0317 e. The summed E-state index contributed by atoms with van der Waals surface area (Å²) in [6.07, 6.45) is 2.28. The minimum atomic E-state index is 0.0963. The molecule has 1 spiro atoms. The Morgan fingerprint density at radius 2 is 1.04 bits per heavy atom. The van der Waals surface area contributed by atoms with Crippen molar-refractivity contribution in [3.63, 3.8) is 0 Å². The Balaban J connectivity index is 2.03. The van der Waals surface area contributed by atoms with E-state index in [0.29, 0.717) is 0 Å². The van der Waals surface area contributed by atoms with Gasteiger partial charge in [0.25, 0.3) is 0 Å². The van der Waals surface area contributed by atoms with Gasteiger partial charge in [0.15, 0.2) is 0 Å². The number of benzene rings is 2. The Morgan fingerprint density at radius 3 is 1.43 bits per heavy atom. The van der Waals surface area contributed by atoms with Crippen molar-refractivity contribution in [3.05, 3.63) is 58.7 Å². The van der Waals surface area contributed by atoms with E-state index < -0.39 is 0 Å². The second-order valence-electron chi connectivity index (χ2n) is 8.81. The molecule has 0 aromatic heterocycles. The van der Waals surface area contributed by atoms with E-state index in [1.54, 1.807) is 0 Å². The summed E-state index contributed by atoms with van der Waals surface area (Å²) >= 11 is 0. The molecule has 0 atom stereocenters. The van der Waals surface area contributed by atoms with Gasteiger partial charge in [-0.1, -0.05) is 39.8 Å². The molecule has 0 amide bonds. The third-order valence-corrected chi connectivity index (χ3v) is 6.06. The summed E-state index contributed by atoms with van der Waals surface area (Å²) in [6.45, 7) is 9.40. The Hall–Kier alpha value is -1.96. The molecule has 4 N–H and O–H groups in total. The maximum atomic E-state index is 6.09. The average molecular weight is 306 g/mol. The van der Waals surface area contributed by atoms with Gasteiger partial charge < -0.3 is 11.5 Å². The first-order valence-electron chi connectivity index (χ1n) is 8.47. The third-order valence-electron chi connectivity index (χ3n) is 6.06. The van der Waals surface area contributed by atoms with Gasteiger partial charge in [-0.25, -0.2) is 0 Å². The van der Waals surface area contributed by atoms with E-state index in [-0.39, 0.29) is 16.2 Å². The summed E-state index contributed by atoms with van der Waals surface area (Å²) in [6, 6.07) is 13.0. The van der Waals surface area contributed by atoms with Crippen molar-refractivity contribution in [2.75, 3.05) is 11.5 Å². The van der Waals surface area contributed by atoms with Crippen LogP contribution in [0.1, 0.15) is 62.8 Å². The first-order valence-corrected chi connectivity index (χ1v) is 8.47. The molecule has 2 aromatic carbocycles. The quantitative estimate of drug-likeness (QED) is 0.704. The fraction of sp³-hybridized carbons (Fsp3) is 0.429. The second-order valence-corrected chi connectivity index (χ2v) is 8.81. The lowest BCUT2D eigenvalue weighted by Gasteiger charge is -2.30. The molecule has 0 radical (unpaired) electrons. The number of rotatable bonds is 0. The summed E-state index contributed by atoms with van der Waals surface area (Å²) < 4.78 is 0. The van der Waals surface area contributed by atoms with Crippen LogP contribution in [0.5, 0.6) is 0 Å². The van der Waals surface area contributed by atoms with Crippen LogP contribution in [0.15, 0.2) is 36.4 Å². The highest BCUT2D eigenvalue weighted by Gasteiger charge is 2.56. The van der Waals surface area contributed by atoms with Gasteiger partial charge in [-0.2, -0.15) is 0 Å². The van der Waals surface area contributed by atoms with Crippen molar-refractivity contribution >= 4 is 11.4 Å². The normalized spacial score (nSPS) is 22.1. The van der Waals surface area contributed by atoms with Crippen molar-refractivity contribution in [1.29, 1.82) is 0 Å². The van der Waals surface area contributed by atoms with Gasteiger partial charge in [0, 0.05) is 16.8 Å². The molecule has 2 aliphatic rings. The monoisotopic (exact) mass is 306 g/mol. The van der Waals surface area contributed by atoms with E-state index in [4.69, 9.17) is 11.5 Å². The Kier molecular flexibility index (Phi) is 2.61. The van der Waals surface area contributed by atoms with Crippen molar-refractivity contribution < 1.29 is 0 Å². The van der Waals surface area contributed by atoms with E-state index in [1.165, 1.54) is 22.3 Å². The van der Waals surface area contributed by atoms with Crippen LogP contribution in [0.3, 0.4) is 0 Å². The molecule has 0 bridgehead atoms. The highest BCUT2D eigenvalue weighted by atomic mass is 14.6. The van der Waals surface area contributed by atoms with Crippen LogP contribution in [0, 0.1) is 0 Å². The summed E-state index contributed by atoms with van der Waals surface area (Å²) in [5.74, 6) is 0. The van der Waals surface area contributed by atoms with Crippen LogP contribution in [0.4, 0.5) is 11.4 Å². The standard InChI is InChI=1S/C21H26N2/c1-19(2)11-21(15-7-5-13(22)9-17(15)19)12-20(3,4)18-10-14(23)6-8-16(18)21/h5-10H,11-12,22-23H2,1-4H3. The molecule has 23 heavy (non-hydrogen) atoms. The molecule has 2 heteroatoms. The molecule has 120 valence electrons. The summed E-state index contributed by atoms with van der Waals surface area (Å²) in [5.41, 5.74) is 20.1. The Labute approximate surface area is 138 Å². The first-order chi connectivity index (χ1) is 10.7. The minimum absolute atomic E-state index is 0.0963. The van der Waals surface area contributed by atoms with Crippen molar-refractivity contribution in [2.24, 2.45) is 0 Å². The van der Waals surface area contributed by atoms with E-state index in [2.05, 4.69) is 64.1 Å². The highest BCUT2D eigenvalue weighted by molar-refractivity contribution is 5.64. The predicted octanol–water partition coefficient (Wildman–Crippen LogP) is 4.50. The van der Waals surface area contributed by atoms with Gasteiger partial charge in [-0.15, -0.1) is 0 Å². The number of nitrogen functional groups attached to an aromatic ring is 2. The van der Waals surface area contributed by atoms with Crippen LogP contribution in [-0.2, 0) is 16.2 Å². The molecule has 0 saturated carbocycles. The van der Waals surface area contributed by atoms with Crippen LogP contribution in [0.25, 0.3) is 0 Å². The molecular weight excluding hydrogens is 280 g/mol. The number of hydrogen-bond donors (Lipinski definition) is 2. The fourth-order valence-electron chi connectivity index (χ4n) is 5.37. The van der Waals surface area contributed by atoms with Crippen LogP contribution < -0.4 is 11.5 Å². The predicted molar refractivity (Wildman–Crippen MR) is 97.8 cm³/mol. The largest absolute Gasteiger partial charge is 0.399 e. The van der Waals surface area contributed by atoms with Crippen LogP contribution in [-0.4, -0.2) is 0 Å². The summed E-state index contributed by atoms with van der Waals surface area (Å²) in [7, 11) is 0. The molecule has 0 aliphatic heterocycles. The lowest BCUT2D eigenvalue weighted by molar-refractivity contribution is 0.349. The molecule has 4 rings (SSSR count). The average Bonchev–Trinajstić information content (AvgIpc) is 2.79. The first kappa shape index (κ1) is 14.6. The van der Waals surface area contributed by atoms with E-state index in [0.717, 1.165) is 24.2 Å². The SMILES string of the molecule is CC1(C)CC2(CC(C)(C)c3cc(N)ccc32)c2ccc(N)cc21. The maximum absolute atomic E-state index is 6.09. The number of nitrogens with two attached hydrogens (primary N) is 2. The Morgan fingerprint density at radius 1 is 0.652 bits per heavy atom. The second kappa shape index (κ2) is 4.11. The fourth-order valence-corrected chi connectivity index (χ4v) is 5.37. The van der Waals surface area contributed by atoms with Crippen LogP contribution >= 0.6 is 0 Å². The van der Waals surface area contributed by atoms with Crippen molar-refractivity contribution in [2.45, 2.75) is 56.8 Å². The van der Waals surface area contributed by atoms with Crippen molar-refractivity contribution in [3.8, 4) is 0 Å². The minimum Gasteiger partial charge on any atom is -0.399 e. The zero-order valence-corrected chi connectivity index (χ0v) is 14.5. The zero-order chi connectivity index (χ0) is 16.6. The van der Waals surface area contributed by atoms with Gasteiger partial charge in [0.2, 0.25) is 0 Å². The van der Waals surface area contributed by atoms with Crippen LogP contribution in [0.2, 0.25) is 0 Å². The molecule has 0 heterocycles. The highest BCUT2D eigenvalue weighted by Crippen LogP contribution is 2.62. The smallest absolute Gasteiger partial charge is 0.0317 e. The number of anilines is 2. The Bertz CT molecular complexity index is 745. The third kappa shape index (κ3) is 1.81. The van der Waals surface area contributed by atoms with Crippen molar-refractivity contribution in [1.82, 2.24) is 0 Å². The molecular formula is C21H26N2. The summed E-state index contributed by atoms with van der Waals surface area (Å²) in [4.78, 5) is 0.